The number of aliphatic carboxylic acids is 1. The summed E-state index contributed by atoms with van der Waals surface area (Å²) in [6.07, 6.45) is -0.437. The van der Waals surface area contributed by atoms with E-state index in [9.17, 15) is 14.4 Å². The van der Waals surface area contributed by atoms with Crippen LogP contribution in [-0.4, -0.2) is 58.5 Å². The second kappa shape index (κ2) is 9.47. The number of thiol groups is 1. The topological polar surface area (TPSA) is 95.9 Å². The Balaban J connectivity index is 3.02. The highest BCUT2D eigenvalue weighted by Gasteiger charge is 2.32. The van der Waals surface area contributed by atoms with Crippen LogP contribution in [0.2, 0.25) is 0 Å². The molecule has 0 aliphatic rings. The minimum atomic E-state index is -1.19. The molecule has 8 heteroatoms. The number of hydrogen-bond acceptors (Lipinski definition) is 5. The van der Waals surface area contributed by atoms with Crippen molar-refractivity contribution < 1.29 is 24.2 Å². The van der Waals surface area contributed by atoms with Gasteiger partial charge in [0.15, 0.2) is 0 Å². The van der Waals surface area contributed by atoms with Gasteiger partial charge in [-0.25, -0.2) is 9.59 Å². The molecular formula is C18H26N2O5S. The second-order valence-electron chi connectivity index (χ2n) is 6.88. The second-order valence-corrected chi connectivity index (χ2v) is 7.24. The molecule has 2 N–H and O–H groups in total. The van der Waals surface area contributed by atoms with Crippen LogP contribution in [0, 0.1) is 0 Å². The Kier molecular flexibility index (Phi) is 7.95. The van der Waals surface area contributed by atoms with E-state index < -0.39 is 35.7 Å². The van der Waals surface area contributed by atoms with Crippen LogP contribution in [0.4, 0.5) is 4.79 Å². The lowest BCUT2D eigenvalue weighted by Gasteiger charge is -2.30. The predicted octanol–water partition coefficient (Wildman–Crippen LogP) is 1.96. The average molecular weight is 382 g/mol. The van der Waals surface area contributed by atoms with Gasteiger partial charge in [0.1, 0.15) is 17.7 Å². The largest absolute Gasteiger partial charge is 0.480 e. The number of nitrogens with one attached hydrogen (secondary N) is 1. The van der Waals surface area contributed by atoms with E-state index in [4.69, 9.17) is 9.84 Å². The van der Waals surface area contributed by atoms with Crippen molar-refractivity contribution in [3.63, 3.8) is 0 Å². The Morgan fingerprint density at radius 2 is 1.81 bits per heavy atom. The van der Waals surface area contributed by atoms with Gasteiger partial charge in [0.25, 0.3) is 0 Å². The van der Waals surface area contributed by atoms with Crippen LogP contribution in [0.25, 0.3) is 0 Å². The van der Waals surface area contributed by atoms with Crippen molar-refractivity contribution in [3.8, 4) is 0 Å². The third-order valence-corrected chi connectivity index (χ3v) is 3.89. The van der Waals surface area contributed by atoms with Crippen LogP contribution >= 0.6 is 12.6 Å². The van der Waals surface area contributed by atoms with Gasteiger partial charge in [-0.05, 0) is 26.3 Å². The number of rotatable bonds is 7. The number of amides is 2. The first-order chi connectivity index (χ1) is 12.0. The summed E-state index contributed by atoms with van der Waals surface area (Å²) >= 11 is 3.95. The summed E-state index contributed by atoms with van der Waals surface area (Å²) < 4.78 is 5.32. The van der Waals surface area contributed by atoms with Crippen LogP contribution in [0.15, 0.2) is 30.3 Å². The van der Waals surface area contributed by atoms with E-state index in [1.54, 1.807) is 20.8 Å². The van der Waals surface area contributed by atoms with E-state index in [-0.39, 0.29) is 12.2 Å². The Morgan fingerprint density at radius 1 is 1.23 bits per heavy atom. The fourth-order valence-corrected chi connectivity index (χ4v) is 2.40. The molecule has 0 saturated carbocycles. The van der Waals surface area contributed by atoms with Gasteiger partial charge in [-0.2, -0.15) is 12.6 Å². The van der Waals surface area contributed by atoms with Gasteiger partial charge in [-0.3, -0.25) is 9.69 Å². The summed E-state index contributed by atoms with van der Waals surface area (Å²) in [5.74, 6) is -1.83. The van der Waals surface area contributed by atoms with Crippen molar-refractivity contribution in [1.82, 2.24) is 10.2 Å². The summed E-state index contributed by atoms with van der Waals surface area (Å²) in [5.41, 5.74) is 0.120. The summed E-state index contributed by atoms with van der Waals surface area (Å²) in [5, 5.41) is 11.5. The van der Waals surface area contributed by atoms with Crippen LogP contribution in [0.5, 0.6) is 0 Å². The van der Waals surface area contributed by atoms with E-state index in [2.05, 4.69) is 17.9 Å². The number of carboxylic acid groups (broad SMARTS) is 1. The van der Waals surface area contributed by atoms with Gasteiger partial charge < -0.3 is 15.2 Å². The highest BCUT2D eigenvalue weighted by molar-refractivity contribution is 7.80. The number of carbonyl (C=O) groups is 3. The number of ether oxygens (including phenoxy) is 1. The van der Waals surface area contributed by atoms with E-state index in [0.717, 1.165) is 5.56 Å². The first kappa shape index (κ1) is 21.8. The number of benzene rings is 1. The Bertz CT molecular complexity index is 630. The Morgan fingerprint density at radius 3 is 2.27 bits per heavy atom. The molecule has 0 aliphatic heterocycles. The fraction of sp³-hybridized carbons (Fsp3) is 0.500. The molecular weight excluding hydrogens is 356 g/mol. The van der Waals surface area contributed by atoms with Gasteiger partial charge >= 0.3 is 12.1 Å². The van der Waals surface area contributed by atoms with Gasteiger partial charge in [0.2, 0.25) is 5.91 Å². The molecule has 1 rings (SSSR count). The van der Waals surface area contributed by atoms with Gasteiger partial charge in [0, 0.05) is 19.2 Å². The number of carboxylic acids is 1. The van der Waals surface area contributed by atoms with E-state index in [1.807, 2.05) is 30.3 Å². The molecule has 2 atom stereocenters. The first-order valence-electron chi connectivity index (χ1n) is 8.19. The zero-order chi connectivity index (χ0) is 19.9. The molecule has 144 valence electrons. The summed E-state index contributed by atoms with van der Waals surface area (Å²) in [6.45, 7) is 5.19. The molecule has 0 fully saturated rings. The zero-order valence-corrected chi connectivity index (χ0v) is 16.3. The number of hydrogen-bond donors (Lipinski definition) is 3. The quantitative estimate of drug-likeness (QED) is 0.627. The summed E-state index contributed by atoms with van der Waals surface area (Å²) in [6, 6.07) is 7.09. The Labute approximate surface area is 159 Å². The van der Waals surface area contributed by atoms with Crippen molar-refractivity contribution in [2.24, 2.45) is 0 Å². The van der Waals surface area contributed by atoms with E-state index >= 15 is 0 Å². The highest BCUT2D eigenvalue weighted by atomic mass is 32.1. The SMILES string of the molecule is CN(C(=O)OC(C)(C)C)[C@@H](Cc1ccccc1)C(=O)N[C@@H](CS)C(=O)O. The lowest BCUT2D eigenvalue weighted by Crippen LogP contribution is -2.54. The molecule has 26 heavy (non-hydrogen) atoms. The minimum Gasteiger partial charge on any atom is -0.480 e. The summed E-state index contributed by atoms with van der Waals surface area (Å²) in [7, 11) is 1.46. The van der Waals surface area contributed by atoms with Gasteiger partial charge in [-0.1, -0.05) is 30.3 Å². The molecule has 0 unspecified atom stereocenters. The smallest absolute Gasteiger partial charge is 0.410 e. The average Bonchev–Trinajstić information content (AvgIpc) is 2.55. The monoisotopic (exact) mass is 382 g/mol. The third kappa shape index (κ3) is 6.95. The van der Waals surface area contributed by atoms with Crippen LogP contribution in [0.3, 0.4) is 0 Å². The van der Waals surface area contributed by atoms with Crippen molar-refractivity contribution in [3.05, 3.63) is 35.9 Å². The minimum absolute atomic E-state index is 0.0602. The number of likely N-dealkylation sites (N-methyl/N-ethyl adjacent to an activating group) is 1. The van der Waals surface area contributed by atoms with Gasteiger partial charge in [-0.15, -0.1) is 0 Å². The van der Waals surface area contributed by atoms with Crippen molar-refractivity contribution in [1.29, 1.82) is 0 Å². The number of nitrogens with zero attached hydrogens (tertiary/aromatic N) is 1. The maximum absolute atomic E-state index is 12.7. The lowest BCUT2D eigenvalue weighted by molar-refractivity contribution is -0.141. The summed E-state index contributed by atoms with van der Waals surface area (Å²) in [4.78, 5) is 37.4. The maximum Gasteiger partial charge on any atom is 0.410 e. The standard InChI is InChI=1S/C18H26N2O5S/c1-18(2,3)25-17(24)20(4)14(10-12-8-6-5-7-9-12)15(21)19-13(11-26)16(22)23/h5-9,13-14,26H,10-11H2,1-4H3,(H,19,21)(H,22,23)/t13-,14-/m0/s1. The molecule has 0 aliphatic carbocycles. The first-order valence-corrected chi connectivity index (χ1v) is 8.82. The predicted molar refractivity (Wildman–Crippen MR) is 101 cm³/mol. The number of carbonyl (C=O) groups excluding carboxylic acids is 2. The maximum atomic E-state index is 12.7. The fourth-order valence-electron chi connectivity index (χ4n) is 2.16. The normalized spacial score (nSPS) is 13.4. The lowest BCUT2D eigenvalue weighted by atomic mass is 10.0. The van der Waals surface area contributed by atoms with Crippen LogP contribution in [-0.2, 0) is 20.7 Å². The molecule has 0 radical (unpaired) electrons. The Hall–Kier alpha value is -2.22. The molecule has 0 spiro atoms. The molecule has 1 aromatic carbocycles. The van der Waals surface area contributed by atoms with E-state index in [1.165, 1.54) is 11.9 Å². The third-order valence-electron chi connectivity index (χ3n) is 3.52. The van der Waals surface area contributed by atoms with Gasteiger partial charge in [0.05, 0.1) is 0 Å². The van der Waals surface area contributed by atoms with Crippen LogP contribution in [0.1, 0.15) is 26.3 Å². The molecule has 7 nitrogen and oxygen atoms in total. The molecule has 1 aromatic rings. The zero-order valence-electron chi connectivity index (χ0n) is 15.4. The van der Waals surface area contributed by atoms with Crippen LogP contribution < -0.4 is 5.32 Å². The molecule has 2 amide bonds. The van der Waals surface area contributed by atoms with Crippen molar-refractivity contribution in [2.75, 3.05) is 12.8 Å². The van der Waals surface area contributed by atoms with Crippen molar-refractivity contribution in [2.45, 2.75) is 44.9 Å². The van der Waals surface area contributed by atoms with Crippen molar-refractivity contribution >= 4 is 30.6 Å². The van der Waals surface area contributed by atoms with E-state index in [0.29, 0.717) is 0 Å². The highest BCUT2D eigenvalue weighted by Crippen LogP contribution is 2.14. The molecule has 0 saturated heterocycles. The molecule has 0 bridgehead atoms. The molecule has 0 heterocycles. The molecule has 0 aromatic heterocycles.